The van der Waals surface area contributed by atoms with Crippen molar-refractivity contribution in [1.82, 2.24) is 0 Å². The first kappa shape index (κ1) is 34.5. The minimum Gasteiger partial charge on any atom is -0.480 e. The highest BCUT2D eigenvalue weighted by atomic mass is 32.2. The number of carboxylic acids is 1. The van der Waals surface area contributed by atoms with Gasteiger partial charge in [0, 0.05) is 0 Å². The lowest BCUT2D eigenvalue weighted by Crippen LogP contribution is -2.36. The molecule has 2 atom stereocenters. The first-order chi connectivity index (χ1) is 15.7. The van der Waals surface area contributed by atoms with Gasteiger partial charge in [-0.15, -0.1) is 0 Å². The largest absolute Gasteiger partial charge is 0.480 e. The van der Waals surface area contributed by atoms with E-state index < -0.39 is 22.1 Å². The van der Waals surface area contributed by atoms with Gasteiger partial charge in [0.25, 0.3) is 10.1 Å². The Kier molecular flexibility index (Phi) is 25.6. The Labute approximate surface area is 205 Å². The van der Waals surface area contributed by atoms with Crippen LogP contribution in [0.5, 0.6) is 0 Å². The monoisotopic (exact) mass is 493 g/mol. The lowest BCUT2D eigenvalue weighted by molar-refractivity contribution is -0.139. The van der Waals surface area contributed by atoms with Crippen molar-refractivity contribution in [3.05, 3.63) is 0 Å². The molecule has 0 aliphatic heterocycles. The van der Waals surface area contributed by atoms with E-state index in [4.69, 9.17) is 15.0 Å². The molecule has 0 aromatic rings. The average Bonchev–Trinajstić information content (AvgIpc) is 2.80. The summed E-state index contributed by atoms with van der Waals surface area (Å²) in [5.41, 5.74) is 5.27. The van der Waals surface area contributed by atoms with Crippen LogP contribution in [0, 0.1) is 5.92 Å². The summed E-state index contributed by atoms with van der Waals surface area (Å²) >= 11 is 0. The van der Waals surface area contributed by atoms with Crippen molar-refractivity contribution in [3.63, 3.8) is 0 Å². The fourth-order valence-electron chi connectivity index (χ4n) is 3.42. The molecule has 0 aromatic heterocycles. The topological polar surface area (TPSA) is 107 Å². The van der Waals surface area contributed by atoms with Gasteiger partial charge < -0.3 is 10.8 Å². The number of carbonyl (C=O) groups is 1. The summed E-state index contributed by atoms with van der Waals surface area (Å²) in [6.45, 7) is 8.00. The van der Waals surface area contributed by atoms with Crippen LogP contribution in [0.15, 0.2) is 0 Å². The van der Waals surface area contributed by atoms with E-state index in [0.29, 0.717) is 6.61 Å². The second-order valence-electron chi connectivity index (χ2n) is 9.22. The van der Waals surface area contributed by atoms with E-state index in [9.17, 15) is 13.2 Å². The molecular formula is C26H55NO5S. The average molecular weight is 494 g/mol. The first-order valence-electron chi connectivity index (χ1n) is 13.6. The molecule has 33 heavy (non-hydrogen) atoms. The molecule has 7 heteroatoms. The zero-order valence-corrected chi connectivity index (χ0v) is 23.0. The van der Waals surface area contributed by atoms with Gasteiger partial charge in [-0.1, -0.05) is 124 Å². The smallest absolute Gasteiger partial charge is 0.320 e. The van der Waals surface area contributed by atoms with Gasteiger partial charge in [0.05, 0.1) is 12.4 Å². The third-order valence-electron chi connectivity index (χ3n) is 6.16. The summed E-state index contributed by atoms with van der Waals surface area (Å²) in [6.07, 6.45) is 22.0. The summed E-state index contributed by atoms with van der Waals surface area (Å²) in [5.74, 6) is -0.766. The molecule has 0 saturated carbocycles. The molecule has 0 unspecified atom stereocenters. The Morgan fingerprint density at radius 1 is 0.758 bits per heavy atom. The van der Waals surface area contributed by atoms with Crippen LogP contribution in [0.1, 0.15) is 137 Å². The molecule has 3 N–H and O–H groups in total. The van der Waals surface area contributed by atoms with E-state index in [0.717, 1.165) is 19.3 Å². The van der Waals surface area contributed by atoms with Crippen molar-refractivity contribution >= 4 is 16.1 Å². The van der Waals surface area contributed by atoms with Gasteiger partial charge in [-0.25, -0.2) is 0 Å². The SMILES string of the molecule is CCCCCCCCCCCCCCCCCCOS(=O)(=O)CC.CC[C@H](C)[C@H](N)C(=O)O. The maximum Gasteiger partial charge on any atom is 0.320 e. The predicted molar refractivity (Wildman–Crippen MR) is 140 cm³/mol. The van der Waals surface area contributed by atoms with Gasteiger partial charge in [0.2, 0.25) is 0 Å². The number of aliphatic carboxylic acids is 1. The molecule has 0 aromatic carbocycles. The number of rotatable bonds is 22. The maximum atomic E-state index is 11.1. The van der Waals surface area contributed by atoms with E-state index in [-0.39, 0.29) is 11.7 Å². The van der Waals surface area contributed by atoms with Gasteiger partial charge in [0.15, 0.2) is 0 Å². The number of carboxylic acid groups (broad SMARTS) is 1. The Morgan fingerprint density at radius 3 is 1.39 bits per heavy atom. The van der Waals surface area contributed by atoms with Crippen LogP contribution >= 0.6 is 0 Å². The second kappa shape index (κ2) is 24.5. The third kappa shape index (κ3) is 25.8. The van der Waals surface area contributed by atoms with Crippen molar-refractivity contribution < 1.29 is 22.5 Å². The maximum absolute atomic E-state index is 11.1. The number of unbranched alkanes of at least 4 members (excludes halogenated alkanes) is 15. The van der Waals surface area contributed by atoms with E-state index in [1.54, 1.807) is 6.92 Å². The van der Waals surface area contributed by atoms with E-state index in [2.05, 4.69) is 6.92 Å². The molecule has 0 amide bonds. The quantitative estimate of drug-likeness (QED) is 0.123. The lowest BCUT2D eigenvalue weighted by atomic mass is 10.0. The Hall–Kier alpha value is -0.660. The van der Waals surface area contributed by atoms with Crippen LogP contribution in [-0.2, 0) is 19.1 Å². The van der Waals surface area contributed by atoms with Crippen LogP contribution < -0.4 is 5.73 Å². The molecule has 0 fully saturated rings. The molecular weight excluding hydrogens is 438 g/mol. The minimum atomic E-state index is -3.24. The second-order valence-corrected chi connectivity index (χ2v) is 11.1. The van der Waals surface area contributed by atoms with Crippen LogP contribution in [0.3, 0.4) is 0 Å². The van der Waals surface area contributed by atoms with Gasteiger partial charge in [-0.2, -0.15) is 8.42 Å². The van der Waals surface area contributed by atoms with E-state index in [1.165, 1.54) is 89.9 Å². The molecule has 0 aliphatic carbocycles. The molecule has 0 spiro atoms. The fraction of sp³-hybridized carbons (Fsp3) is 0.962. The zero-order valence-electron chi connectivity index (χ0n) is 22.2. The fourth-order valence-corrected chi connectivity index (χ4v) is 3.96. The van der Waals surface area contributed by atoms with Crippen molar-refractivity contribution in [2.45, 2.75) is 143 Å². The minimum absolute atomic E-state index is 0.0718. The Balaban J connectivity index is 0. The summed E-state index contributed by atoms with van der Waals surface area (Å²) in [6, 6.07) is -0.699. The molecule has 6 nitrogen and oxygen atoms in total. The molecule has 200 valence electrons. The highest BCUT2D eigenvalue weighted by Gasteiger charge is 2.17. The molecule has 0 radical (unpaired) electrons. The summed E-state index contributed by atoms with van der Waals surface area (Å²) in [4.78, 5) is 10.2. The number of hydrogen-bond donors (Lipinski definition) is 2. The van der Waals surface area contributed by atoms with Gasteiger partial charge in [0.1, 0.15) is 6.04 Å². The van der Waals surface area contributed by atoms with Crippen molar-refractivity contribution in [2.75, 3.05) is 12.4 Å². The van der Waals surface area contributed by atoms with E-state index in [1.807, 2.05) is 13.8 Å². The number of nitrogens with two attached hydrogens (primary N) is 1. The standard InChI is InChI=1S/C20H42O3S.C6H13NO2/c1-3-5-6-7-8-9-10-11-12-13-14-15-16-17-18-19-20-23-24(21,22)4-2;1-3-4(2)5(7)6(8)9/h3-20H2,1-2H3;4-5H,3,7H2,1-2H3,(H,8,9)/t;4-,5-/m.0/s1. The summed E-state index contributed by atoms with van der Waals surface area (Å²) in [5, 5.41) is 8.36. The molecule has 0 saturated heterocycles. The Bertz CT molecular complexity index is 525. The van der Waals surface area contributed by atoms with Crippen LogP contribution in [0.4, 0.5) is 0 Å². The van der Waals surface area contributed by atoms with Crippen molar-refractivity contribution in [3.8, 4) is 0 Å². The molecule has 0 aliphatic rings. The summed E-state index contributed by atoms with van der Waals surface area (Å²) in [7, 11) is -3.24. The van der Waals surface area contributed by atoms with Gasteiger partial charge in [-0.05, 0) is 19.3 Å². The van der Waals surface area contributed by atoms with Crippen molar-refractivity contribution in [1.29, 1.82) is 0 Å². The zero-order chi connectivity index (χ0) is 25.4. The first-order valence-corrected chi connectivity index (χ1v) is 15.1. The van der Waals surface area contributed by atoms with Crippen LogP contribution in [-0.4, -0.2) is 37.9 Å². The highest BCUT2D eigenvalue weighted by molar-refractivity contribution is 7.86. The predicted octanol–water partition coefficient (Wildman–Crippen LogP) is 7.06. The molecule has 0 rings (SSSR count). The highest BCUT2D eigenvalue weighted by Crippen LogP contribution is 2.13. The van der Waals surface area contributed by atoms with Crippen LogP contribution in [0.2, 0.25) is 0 Å². The summed E-state index contributed by atoms with van der Waals surface area (Å²) < 4.78 is 27.1. The van der Waals surface area contributed by atoms with Crippen molar-refractivity contribution in [2.24, 2.45) is 11.7 Å². The van der Waals surface area contributed by atoms with Gasteiger partial charge in [-0.3, -0.25) is 8.98 Å². The lowest BCUT2D eigenvalue weighted by Gasteiger charge is -2.11. The normalized spacial score (nSPS) is 13.2. The molecule has 0 heterocycles. The molecule has 0 bridgehead atoms. The number of hydrogen-bond acceptors (Lipinski definition) is 5. The van der Waals surface area contributed by atoms with Crippen LogP contribution in [0.25, 0.3) is 0 Å². The van der Waals surface area contributed by atoms with Gasteiger partial charge >= 0.3 is 5.97 Å². The Morgan fingerprint density at radius 2 is 1.12 bits per heavy atom. The van der Waals surface area contributed by atoms with E-state index >= 15 is 0 Å². The third-order valence-corrected chi connectivity index (χ3v) is 7.39.